The molecule has 4 rings (SSSR count). The summed E-state index contributed by atoms with van der Waals surface area (Å²) < 4.78 is 14.5. The van der Waals surface area contributed by atoms with Gasteiger partial charge in [-0.3, -0.25) is 14.6 Å². The van der Waals surface area contributed by atoms with Gasteiger partial charge in [-0.2, -0.15) is 5.10 Å². The molecule has 1 fully saturated rings. The van der Waals surface area contributed by atoms with E-state index in [4.69, 9.17) is 0 Å². The molecule has 0 unspecified atom stereocenters. The van der Waals surface area contributed by atoms with Gasteiger partial charge in [0.25, 0.3) is 5.56 Å². The van der Waals surface area contributed by atoms with Crippen LogP contribution in [0.4, 0.5) is 10.1 Å². The third kappa shape index (κ3) is 5.14. The van der Waals surface area contributed by atoms with Crippen molar-refractivity contribution in [1.29, 1.82) is 0 Å². The van der Waals surface area contributed by atoms with E-state index in [0.29, 0.717) is 51.3 Å². The van der Waals surface area contributed by atoms with Gasteiger partial charge in [0, 0.05) is 68.9 Å². The summed E-state index contributed by atoms with van der Waals surface area (Å²) in [6, 6.07) is 13.3. The first-order valence-corrected chi connectivity index (χ1v) is 10.4. The van der Waals surface area contributed by atoms with Gasteiger partial charge in [-0.25, -0.2) is 9.07 Å². The number of nitrogens with zero attached hydrogens (tertiary/aromatic N) is 5. The number of carbonyl (C=O) groups is 1. The monoisotopic (exact) mass is 421 g/mol. The predicted octanol–water partition coefficient (Wildman–Crippen LogP) is 2.57. The maximum absolute atomic E-state index is 13.1. The van der Waals surface area contributed by atoms with Crippen LogP contribution >= 0.6 is 0 Å². The van der Waals surface area contributed by atoms with Gasteiger partial charge in [0.1, 0.15) is 5.82 Å². The molecule has 1 aliphatic rings. The number of pyridine rings is 1. The maximum atomic E-state index is 13.1. The van der Waals surface area contributed by atoms with E-state index >= 15 is 0 Å². The molecule has 1 saturated heterocycles. The number of amides is 1. The van der Waals surface area contributed by atoms with Crippen LogP contribution in [0.2, 0.25) is 0 Å². The highest BCUT2D eigenvalue weighted by atomic mass is 19.1. The van der Waals surface area contributed by atoms with Crippen molar-refractivity contribution in [2.45, 2.75) is 19.4 Å². The highest BCUT2D eigenvalue weighted by molar-refractivity contribution is 5.76. The van der Waals surface area contributed by atoms with Crippen LogP contribution in [0.5, 0.6) is 0 Å². The molecule has 0 spiro atoms. The zero-order valence-electron chi connectivity index (χ0n) is 17.2. The minimum absolute atomic E-state index is 0.0789. The number of halogens is 1. The summed E-state index contributed by atoms with van der Waals surface area (Å²) in [7, 11) is 0. The van der Waals surface area contributed by atoms with E-state index in [1.165, 1.54) is 22.9 Å². The van der Waals surface area contributed by atoms with Crippen LogP contribution in [0.3, 0.4) is 0 Å². The molecule has 31 heavy (non-hydrogen) atoms. The van der Waals surface area contributed by atoms with Crippen LogP contribution in [0.15, 0.2) is 65.7 Å². The Balaban J connectivity index is 1.28. The number of hydrogen-bond acceptors (Lipinski definition) is 5. The molecular formula is C23H24FN5O2. The Bertz CT molecular complexity index is 1080. The Hall–Kier alpha value is -3.55. The molecule has 2 aromatic heterocycles. The predicted molar refractivity (Wildman–Crippen MR) is 116 cm³/mol. The van der Waals surface area contributed by atoms with Crippen LogP contribution in [0.25, 0.3) is 11.3 Å². The van der Waals surface area contributed by atoms with Crippen molar-refractivity contribution in [1.82, 2.24) is 19.7 Å². The number of rotatable bonds is 6. The minimum Gasteiger partial charge on any atom is -0.368 e. The van der Waals surface area contributed by atoms with Crippen molar-refractivity contribution < 1.29 is 9.18 Å². The van der Waals surface area contributed by atoms with Crippen LogP contribution in [0, 0.1) is 5.82 Å². The summed E-state index contributed by atoms with van der Waals surface area (Å²) in [4.78, 5) is 32.8. The molecule has 0 radical (unpaired) electrons. The van der Waals surface area contributed by atoms with Crippen LogP contribution in [-0.2, 0) is 11.3 Å². The number of anilines is 1. The molecular weight excluding hydrogens is 397 g/mol. The topological polar surface area (TPSA) is 71.3 Å². The molecule has 3 aromatic rings. The van der Waals surface area contributed by atoms with Gasteiger partial charge in [0.2, 0.25) is 5.91 Å². The quantitative estimate of drug-likeness (QED) is 0.612. The van der Waals surface area contributed by atoms with E-state index in [2.05, 4.69) is 15.0 Å². The van der Waals surface area contributed by atoms with E-state index in [1.807, 2.05) is 17.0 Å². The molecule has 1 amide bonds. The second-order valence-corrected chi connectivity index (χ2v) is 7.47. The first-order valence-electron chi connectivity index (χ1n) is 10.4. The van der Waals surface area contributed by atoms with E-state index in [1.54, 1.807) is 30.6 Å². The van der Waals surface area contributed by atoms with Gasteiger partial charge in [-0.05, 0) is 48.9 Å². The maximum Gasteiger partial charge on any atom is 0.266 e. The van der Waals surface area contributed by atoms with Gasteiger partial charge in [-0.1, -0.05) is 0 Å². The standard InChI is InChI=1S/C23H24FN5O2/c24-19-5-7-20(8-6-19)27-13-15-28(16-14-27)22(30)4-2-12-29-23(31)10-9-21(26-29)18-3-1-11-25-17-18/h1,3,5-11,17H,2,4,12-16H2. The normalized spacial score (nSPS) is 14.0. The van der Waals surface area contributed by atoms with Crippen molar-refractivity contribution in [3.63, 3.8) is 0 Å². The van der Waals surface area contributed by atoms with Gasteiger partial charge < -0.3 is 9.80 Å². The van der Waals surface area contributed by atoms with E-state index < -0.39 is 0 Å². The SMILES string of the molecule is O=C(CCCn1nc(-c2cccnc2)ccc1=O)N1CCN(c2ccc(F)cc2)CC1. The molecule has 3 heterocycles. The highest BCUT2D eigenvalue weighted by Crippen LogP contribution is 2.17. The number of piperazine rings is 1. The molecule has 1 aromatic carbocycles. The Morgan fingerprint density at radius 1 is 1.00 bits per heavy atom. The highest BCUT2D eigenvalue weighted by Gasteiger charge is 2.21. The molecule has 0 bridgehead atoms. The second-order valence-electron chi connectivity index (χ2n) is 7.47. The Kier molecular flexibility index (Phi) is 6.35. The largest absolute Gasteiger partial charge is 0.368 e. The van der Waals surface area contributed by atoms with Gasteiger partial charge in [0.15, 0.2) is 0 Å². The lowest BCUT2D eigenvalue weighted by Crippen LogP contribution is -2.48. The number of carbonyl (C=O) groups excluding carboxylic acids is 1. The number of aryl methyl sites for hydroxylation is 1. The van der Waals surface area contributed by atoms with Crippen molar-refractivity contribution in [2.24, 2.45) is 0 Å². The third-order valence-electron chi connectivity index (χ3n) is 5.41. The lowest BCUT2D eigenvalue weighted by molar-refractivity contribution is -0.131. The molecule has 1 aliphatic heterocycles. The Morgan fingerprint density at radius 2 is 1.77 bits per heavy atom. The van der Waals surface area contributed by atoms with E-state index in [-0.39, 0.29) is 17.3 Å². The molecule has 0 saturated carbocycles. The summed E-state index contributed by atoms with van der Waals surface area (Å²) in [5, 5.41) is 4.41. The fraction of sp³-hybridized carbons (Fsp3) is 0.304. The number of benzene rings is 1. The smallest absolute Gasteiger partial charge is 0.266 e. The van der Waals surface area contributed by atoms with Crippen molar-refractivity contribution in [2.75, 3.05) is 31.1 Å². The first kappa shape index (κ1) is 20.7. The van der Waals surface area contributed by atoms with Crippen LogP contribution in [-0.4, -0.2) is 51.8 Å². The lowest BCUT2D eigenvalue weighted by Gasteiger charge is -2.36. The first-order chi connectivity index (χ1) is 15.1. The van der Waals surface area contributed by atoms with Crippen molar-refractivity contribution in [3.05, 3.63) is 77.1 Å². The van der Waals surface area contributed by atoms with Gasteiger partial charge >= 0.3 is 0 Å². The third-order valence-corrected chi connectivity index (χ3v) is 5.41. The number of hydrogen-bond donors (Lipinski definition) is 0. The zero-order valence-corrected chi connectivity index (χ0v) is 17.2. The molecule has 0 N–H and O–H groups in total. The molecule has 7 nitrogen and oxygen atoms in total. The Labute approximate surface area is 179 Å². The minimum atomic E-state index is -0.253. The summed E-state index contributed by atoms with van der Waals surface area (Å²) in [6.07, 6.45) is 4.29. The van der Waals surface area contributed by atoms with Crippen molar-refractivity contribution in [3.8, 4) is 11.3 Å². The Morgan fingerprint density at radius 3 is 2.48 bits per heavy atom. The van der Waals surface area contributed by atoms with Gasteiger partial charge in [0.05, 0.1) is 5.69 Å². The summed E-state index contributed by atoms with van der Waals surface area (Å²) in [6.45, 7) is 3.07. The summed E-state index contributed by atoms with van der Waals surface area (Å²) in [5.41, 5.74) is 2.29. The zero-order chi connectivity index (χ0) is 21.6. The summed E-state index contributed by atoms with van der Waals surface area (Å²) >= 11 is 0. The second kappa shape index (κ2) is 9.51. The van der Waals surface area contributed by atoms with Crippen LogP contribution < -0.4 is 10.5 Å². The molecule has 8 heteroatoms. The van der Waals surface area contributed by atoms with E-state index in [9.17, 15) is 14.0 Å². The average molecular weight is 421 g/mol. The number of aromatic nitrogens is 3. The molecule has 160 valence electrons. The van der Waals surface area contributed by atoms with E-state index in [0.717, 1.165) is 11.3 Å². The summed E-state index contributed by atoms with van der Waals surface area (Å²) in [5.74, 6) is -0.174. The average Bonchev–Trinajstić information content (AvgIpc) is 2.81. The van der Waals surface area contributed by atoms with Gasteiger partial charge in [-0.15, -0.1) is 0 Å². The fourth-order valence-electron chi connectivity index (χ4n) is 3.68. The van der Waals surface area contributed by atoms with Crippen LogP contribution in [0.1, 0.15) is 12.8 Å². The van der Waals surface area contributed by atoms with Crippen molar-refractivity contribution >= 4 is 11.6 Å². The lowest BCUT2D eigenvalue weighted by atomic mass is 10.2. The molecule has 0 aliphatic carbocycles. The molecule has 0 atom stereocenters. The fourth-order valence-corrected chi connectivity index (χ4v) is 3.68.